The predicted octanol–water partition coefficient (Wildman–Crippen LogP) is 2.07. The van der Waals surface area contributed by atoms with Crippen molar-refractivity contribution in [1.29, 1.82) is 0 Å². The van der Waals surface area contributed by atoms with Gasteiger partial charge in [-0.1, -0.05) is 0 Å². The second-order valence-corrected chi connectivity index (χ2v) is 7.27. The fourth-order valence-electron chi connectivity index (χ4n) is 4.40. The molecule has 2 atom stereocenters. The molecular formula is C19H28N2O4. The van der Waals surface area contributed by atoms with Crippen LogP contribution in [0, 0.1) is 5.41 Å². The zero-order valence-electron chi connectivity index (χ0n) is 15.3. The van der Waals surface area contributed by atoms with E-state index in [9.17, 15) is 9.90 Å². The van der Waals surface area contributed by atoms with E-state index in [2.05, 4.69) is 16.8 Å². The van der Waals surface area contributed by atoms with Gasteiger partial charge >= 0.3 is 5.97 Å². The van der Waals surface area contributed by atoms with Gasteiger partial charge in [0.1, 0.15) is 11.5 Å². The number of carboxylic acids is 1. The molecule has 2 saturated heterocycles. The molecule has 3 rings (SSSR count). The number of piperidine rings is 2. The molecule has 0 spiro atoms. The SMILES string of the molecule is COc1cc(CN2CC[C@@]3(C(=O)O)CCCN(C)[C@@H]3C2)cc(OC)c1. The van der Waals surface area contributed by atoms with E-state index in [1.165, 1.54) is 0 Å². The van der Waals surface area contributed by atoms with E-state index in [1.54, 1.807) is 14.2 Å². The van der Waals surface area contributed by atoms with Crippen molar-refractivity contribution in [3.05, 3.63) is 23.8 Å². The average molecular weight is 348 g/mol. The number of fused-ring (bicyclic) bond motifs is 1. The topological polar surface area (TPSA) is 62.2 Å². The highest BCUT2D eigenvalue weighted by Crippen LogP contribution is 2.42. The van der Waals surface area contributed by atoms with E-state index in [0.717, 1.165) is 56.1 Å². The number of benzene rings is 1. The molecule has 6 heteroatoms. The zero-order valence-corrected chi connectivity index (χ0v) is 15.3. The maximum atomic E-state index is 12.0. The van der Waals surface area contributed by atoms with Crippen LogP contribution in [0.25, 0.3) is 0 Å². The lowest BCUT2D eigenvalue weighted by atomic mass is 9.68. The standard InChI is InChI=1S/C19H28N2O4/c1-20-7-4-5-19(18(22)23)6-8-21(13-17(19)20)12-14-9-15(24-2)11-16(10-14)25-3/h9-11,17H,4-8,12-13H2,1-3H3,(H,22,23)/t17-,19+/m1/s1. The van der Waals surface area contributed by atoms with Gasteiger partial charge in [0.15, 0.2) is 0 Å². The van der Waals surface area contributed by atoms with Gasteiger partial charge in [0.25, 0.3) is 0 Å². The van der Waals surface area contributed by atoms with Crippen molar-refractivity contribution in [2.75, 3.05) is 40.9 Å². The van der Waals surface area contributed by atoms with Crippen LogP contribution in [0.15, 0.2) is 18.2 Å². The van der Waals surface area contributed by atoms with E-state index in [0.29, 0.717) is 6.42 Å². The molecular weight excluding hydrogens is 320 g/mol. The van der Waals surface area contributed by atoms with Crippen molar-refractivity contribution < 1.29 is 19.4 Å². The number of methoxy groups -OCH3 is 2. The Morgan fingerprint density at radius 2 is 1.88 bits per heavy atom. The molecule has 0 unspecified atom stereocenters. The highest BCUT2D eigenvalue weighted by molar-refractivity contribution is 5.76. The Kier molecular flexibility index (Phi) is 5.20. The predicted molar refractivity (Wildman–Crippen MR) is 95.2 cm³/mol. The van der Waals surface area contributed by atoms with Crippen LogP contribution in [0.5, 0.6) is 11.5 Å². The molecule has 138 valence electrons. The summed E-state index contributed by atoms with van der Waals surface area (Å²) in [7, 11) is 5.36. The number of hydrogen-bond acceptors (Lipinski definition) is 5. The van der Waals surface area contributed by atoms with Gasteiger partial charge in [-0.15, -0.1) is 0 Å². The maximum absolute atomic E-state index is 12.0. The number of rotatable bonds is 5. The Hall–Kier alpha value is -1.79. The van der Waals surface area contributed by atoms with Gasteiger partial charge in [-0.3, -0.25) is 9.69 Å². The summed E-state index contributed by atoms with van der Waals surface area (Å²) in [6.07, 6.45) is 2.46. The molecule has 2 fully saturated rings. The summed E-state index contributed by atoms with van der Waals surface area (Å²) in [5.74, 6) is 0.925. The van der Waals surface area contributed by atoms with Crippen LogP contribution >= 0.6 is 0 Å². The van der Waals surface area contributed by atoms with Crippen LogP contribution in [0.4, 0.5) is 0 Å². The number of hydrogen-bond donors (Lipinski definition) is 1. The fraction of sp³-hybridized carbons (Fsp3) is 0.632. The summed E-state index contributed by atoms with van der Waals surface area (Å²) in [6.45, 7) is 3.33. The number of nitrogens with zero attached hydrogens (tertiary/aromatic N) is 2. The third-order valence-corrected chi connectivity index (χ3v) is 5.85. The summed E-state index contributed by atoms with van der Waals surface area (Å²) in [5.41, 5.74) is 0.535. The Labute approximate surface area is 149 Å². The number of likely N-dealkylation sites (N-methyl/N-ethyl adjacent to an activating group) is 1. The number of aliphatic carboxylic acids is 1. The second-order valence-electron chi connectivity index (χ2n) is 7.27. The van der Waals surface area contributed by atoms with E-state index in [-0.39, 0.29) is 6.04 Å². The van der Waals surface area contributed by atoms with Gasteiger partial charge in [-0.05, 0) is 57.1 Å². The first kappa shape index (κ1) is 18.0. The molecule has 0 aromatic heterocycles. The van der Waals surface area contributed by atoms with Gasteiger partial charge in [0.2, 0.25) is 0 Å². The van der Waals surface area contributed by atoms with Crippen LogP contribution in [0.1, 0.15) is 24.8 Å². The largest absolute Gasteiger partial charge is 0.497 e. The molecule has 0 amide bonds. The second kappa shape index (κ2) is 7.22. The quantitative estimate of drug-likeness (QED) is 0.879. The Bertz CT molecular complexity index is 614. The van der Waals surface area contributed by atoms with Crippen LogP contribution < -0.4 is 9.47 Å². The minimum atomic E-state index is -0.633. The van der Waals surface area contributed by atoms with Crippen molar-refractivity contribution in [1.82, 2.24) is 9.80 Å². The molecule has 1 aromatic rings. The number of likely N-dealkylation sites (tertiary alicyclic amines) is 2. The van der Waals surface area contributed by atoms with Crippen molar-refractivity contribution in [2.45, 2.75) is 31.8 Å². The first-order valence-corrected chi connectivity index (χ1v) is 8.86. The third kappa shape index (κ3) is 3.46. The lowest BCUT2D eigenvalue weighted by Gasteiger charge is -2.51. The molecule has 25 heavy (non-hydrogen) atoms. The summed E-state index contributed by atoms with van der Waals surface area (Å²) in [5, 5.41) is 9.88. The molecule has 1 aromatic carbocycles. The molecule has 6 nitrogen and oxygen atoms in total. The average Bonchev–Trinajstić information content (AvgIpc) is 2.62. The van der Waals surface area contributed by atoms with E-state index in [1.807, 2.05) is 18.2 Å². The van der Waals surface area contributed by atoms with Gasteiger partial charge in [0.05, 0.1) is 19.6 Å². The van der Waals surface area contributed by atoms with Crippen molar-refractivity contribution in [2.24, 2.45) is 5.41 Å². The first-order chi connectivity index (χ1) is 12.0. The molecule has 0 aliphatic carbocycles. The fourth-order valence-corrected chi connectivity index (χ4v) is 4.40. The van der Waals surface area contributed by atoms with Gasteiger partial charge in [-0.2, -0.15) is 0 Å². The molecule has 1 N–H and O–H groups in total. The highest BCUT2D eigenvalue weighted by Gasteiger charge is 2.52. The van der Waals surface area contributed by atoms with Crippen LogP contribution in [0.3, 0.4) is 0 Å². The number of carboxylic acid groups (broad SMARTS) is 1. The van der Waals surface area contributed by atoms with Gasteiger partial charge in [0, 0.05) is 25.2 Å². The van der Waals surface area contributed by atoms with Crippen LogP contribution in [-0.4, -0.2) is 67.8 Å². The minimum Gasteiger partial charge on any atom is -0.497 e. The Balaban J connectivity index is 1.77. The summed E-state index contributed by atoms with van der Waals surface area (Å²) >= 11 is 0. The van der Waals surface area contributed by atoms with E-state index >= 15 is 0 Å². The highest BCUT2D eigenvalue weighted by atomic mass is 16.5. The van der Waals surface area contributed by atoms with Crippen LogP contribution in [-0.2, 0) is 11.3 Å². The first-order valence-electron chi connectivity index (χ1n) is 8.86. The van der Waals surface area contributed by atoms with Crippen molar-refractivity contribution in [3.8, 4) is 11.5 Å². The van der Waals surface area contributed by atoms with Crippen molar-refractivity contribution in [3.63, 3.8) is 0 Å². The summed E-state index contributed by atoms with van der Waals surface area (Å²) in [6, 6.07) is 5.97. The summed E-state index contributed by atoms with van der Waals surface area (Å²) in [4.78, 5) is 16.6. The van der Waals surface area contributed by atoms with E-state index in [4.69, 9.17) is 9.47 Å². The van der Waals surface area contributed by atoms with E-state index < -0.39 is 11.4 Å². The molecule has 0 bridgehead atoms. The minimum absolute atomic E-state index is 0.0694. The number of carbonyl (C=O) groups is 1. The van der Waals surface area contributed by atoms with Crippen LogP contribution in [0.2, 0.25) is 0 Å². The Morgan fingerprint density at radius 3 is 2.48 bits per heavy atom. The molecule has 0 radical (unpaired) electrons. The molecule has 2 heterocycles. The summed E-state index contributed by atoms with van der Waals surface area (Å²) < 4.78 is 10.7. The Morgan fingerprint density at radius 1 is 1.20 bits per heavy atom. The van der Waals surface area contributed by atoms with Gasteiger partial charge < -0.3 is 19.5 Å². The maximum Gasteiger partial charge on any atom is 0.311 e. The molecule has 2 aliphatic heterocycles. The van der Waals surface area contributed by atoms with Crippen molar-refractivity contribution >= 4 is 5.97 Å². The van der Waals surface area contributed by atoms with Gasteiger partial charge in [-0.25, -0.2) is 0 Å². The molecule has 2 aliphatic rings. The number of ether oxygens (including phenoxy) is 2. The monoisotopic (exact) mass is 348 g/mol. The molecule has 0 saturated carbocycles. The lowest BCUT2D eigenvalue weighted by Crippen LogP contribution is -2.62. The lowest BCUT2D eigenvalue weighted by molar-refractivity contribution is -0.162. The third-order valence-electron chi connectivity index (χ3n) is 5.85. The smallest absolute Gasteiger partial charge is 0.311 e. The zero-order chi connectivity index (χ0) is 18.0. The normalized spacial score (nSPS) is 27.6.